The van der Waals surface area contributed by atoms with Crippen molar-refractivity contribution in [1.29, 1.82) is 0 Å². The standard InChI is InChI=1S/C12H16ClNO2/c1-9(14(2)12(15)8-13)10-6-4-5-7-11(10)16-3/h4-7,9H,8H2,1-3H3. The number of benzene rings is 1. The van der Waals surface area contributed by atoms with Crippen molar-refractivity contribution in [3.63, 3.8) is 0 Å². The van der Waals surface area contributed by atoms with E-state index < -0.39 is 0 Å². The summed E-state index contributed by atoms with van der Waals surface area (Å²) in [4.78, 5) is 13.1. The van der Waals surface area contributed by atoms with E-state index in [1.807, 2.05) is 31.2 Å². The Balaban J connectivity index is 2.95. The maximum Gasteiger partial charge on any atom is 0.237 e. The topological polar surface area (TPSA) is 29.5 Å². The number of amides is 1. The van der Waals surface area contributed by atoms with Gasteiger partial charge in [-0.3, -0.25) is 4.79 Å². The molecular weight excluding hydrogens is 226 g/mol. The van der Waals surface area contributed by atoms with Gasteiger partial charge >= 0.3 is 0 Å². The zero-order valence-electron chi connectivity index (χ0n) is 9.74. The van der Waals surface area contributed by atoms with Gasteiger partial charge in [0.1, 0.15) is 11.6 Å². The highest BCUT2D eigenvalue weighted by Crippen LogP contribution is 2.27. The molecule has 0 aliphatic heterocycles. The number of nitrogens with zero attached hydrogens (tertiary/aromatic N) is 1. The van der Waals surface area contributed by atoms with Crippen molar-refractivity contribution in [3.8, 4) is 5.75 Å². The van der Waals surface area contributed by atoms with E-state index in [1.165, 1.54) is 0 Å². The number of carbonyl (C=O) groups excluding carboxylic acids is 1. The van der Waals surface area contributed by atoms with Gasteiger partial charge in [-0.25, -0.2) is 0 Å². The van der Waals surface area contributed by atoms with Crippen molar-refractivity contribution in [2.24, 2.45) is 0 Å². The van der Waals surface area contributed by atoms with Crippen molar-refractivity contribution < 1.29 is 9.53 Å². The Kier molecular flexibility index (Phi) is 4.62. The number of rotatable bonds is 4. The number of ether oxygens (including phenoxy) is 1. The van der Waals surface area contributed by atoms with Crippen LogP contribution in [-0.4, -0.2) is 30.8 Å². The number of hydrogen-bond donors (Lipinski definition) is 0. The van der Waals surface area contributed by atoms with Gasteiger partial charge in [-0.2, -0.15) is 0 Å². The summed E-state index contributed by atoms with van der Waals surface area (Å²) in [5.41, 5.74) is 0.978. The first-order valence-electron chi connectivity index (χ1n) is 5.06. The van der Waals surface area contributed by atoms with Gasteiger partial charge in [-0.15, -0.1) is 11.6 Å². The van der Waals surface area contributed by atoms with Crippen molar-refractivity contribution in [2.45, 2.75) is 13.0 Å². The van der Waals surface area contributed by atoms with E-state index in [4.69, 9.17) is 16.3 Å². The smallest absolute Gasteiger partial charge is 0.237 e. The number of hydrogen-bond acceptors (Lipinski definition) is 2. The Labute approximate surface area is 101 Å². The second-order valence-corrected chi connectivity index (χ2v) is 3.82. The predicted octanol–water partition coefficient (Wildman–Crippen LogP) is 2.45. The van der Waals surface area contributed by atoms with Crippen LogP contribution in [0, 0.1) is 0 Å². The highest BCUT2D eigenvalue weighted by atomic mass is 35.5. The quantitative estimate of drug-likeness (QED) is 0.758. The summed E-state index contributed by atoms with van der Waals surface area (Å²) in [7, 11) is 3.36. The largest absolute Gasteiger partial charge is 0.496 e. The van der Waals surface area contributed by atoms with Crippen molar-refractivity contribution in [2.75, 3.05) is 20.0 Å². The maximum atomic E-state index is 11.5. The summed E-state index contributed by atoms with van der Waals surface area (Å²) in [6, 6.07) is 7.60. The minimum Gasteiger partial charge on any atom is -0.496 e. The Bertz CT molecular complexity index is 368. The molecule has 1 aromatic carbocycles. The maximum absolute atomic E-state index is 11.5. The van der Waals surface area contributed by atoms with E-state index >= 15 is 0 Å². The highest BCUT2D eigenvalue weighted by Gasteiger charge is 2.19. The van der Waals surface area contributed by atoms with Crippen molar-refractivity contribution in [1.82, 2.24) is 4.90 Å². The molecule has 0 aromatic heterocycles. The molecule has 1 atom stereocenters. The number of methoxy groups -OCH3 is 1. The molecule has 0 aliphatic carbocycles. The van der Waals surface area contributed by atoms with E-state index in [0.717, 1.165) is 11.3 Å². The van der Waals surface area contributed by atoms with E-state index in [1.54, 1.807) is 19.1 Å². The summed E-state index contributed by atoms with van der Waals surface area (Å²) in [5, 5.41) is 0. The number of para-hydroxylation sites is 1. The third kappa shape index (κ3) is 2.67. The lowest BCUT2D eigenvalue weighted by molar-refractivity contribution is -0.129. The molecule has 1 aromatic rings. The van der Waals surface area contributed by atoms with Gasteiger partial charge < -0.3 is 9.64 Å². The van der Waals surface area contributed by atoms with Gasteiger partial charge in [0.05, 0.1) is 13.2 Å². The van der Waals surface area contributed by atoms with Crippen LogP contribution in [0.1, 0.15) is 18.5 Å². The molecule has 1 rings (SSSR count). The fourth-order valence-corrected chi connectivity index (χ4v) is 1.72. The molecule has 0 heterocycles. The van der Waals surface area contributed by atoms with Crippen LogP contribution in [-0.2, 0) is 4.79 Å². The zero-order valence-corrected chi connectivity index (χ0v) is 10.5. The first-order valence-corrected chi connectivity index (χ1v) is 5.59. The molecule has 0 saturated carbocycles. The van der Waals surface area contributed by atoms with Crippen LogP contribution in [0.25, 0.3) is 0 Å². The van der Waals surface area contributed by atoms with Crippen LogP contribution in [0.5, 0.6) is 5.75 Å². The second-order valence-electron chi connectivity index (χ2n) is 3.56. The normalized spacial score (nSPS) is 12.0. The molecule has 1 amide bonds. The highest BCUT2D eigenvalue weighted by molar-refractivity contribution is 6.27. The monoisotopic (exact) mass is 241 g/mol. The molecule has 0 N–H and O–H groups in total. The van der Waals surface area contributed by atoms with Gasteiger partial charge in [0.2, 0.25) is 5.91 Å². The van der Waals surface area contributed by atoms with E-state index in [0.29, 0.717) is 0 Å². The minimum atomic E-state index is -0.0972. The predicted molar refractivity (Wildman–Crippen MR) is 64.9 cm³/mol. The van der Waals surface area contributed by atoms with Gasteiger partial charge in [0, 0.05) is 12.6 Å². The number of halogens is 1. The van der Waals surface area contributed by atoms with Gasteiger partial charge in [0.25, 0.3) is 0 Å². The molecule has 3 nitrogen and oxygen atoms in total. The van der Waals surface area contributed by atoms with E-state index in [9.17, 15) is 4.79 Å². The van der Waals surface area contributed by atoms with Gasteiger partial charge in [0.15, 0.2) is 0 Å². The molecule has 0 saturated heterocycles. The SMILES string of the molecule is COc1ccccc1C(C)N(C)C(=O)CCl. The van der Waals surface area contributed by atoms with Crippen LogP contribution >= 0.6 is 11.6 Å². The van der Waals surface area contributed by atoms with Crippen LogP contribution in [0.3, 0.4) is 0 Å². The molecule has 16 heavy (non-hydrogen) atoms. The Hall–Kier alpha value is -1.22. The summed E-state index contributed by atoms with van der Waals surface area (Å²) < 4.78 is 5.26. The average molecular weight is 242 g/mol. The van der Waals surface area contributed by atoms with E-state index in [-0.39, 0.29) is 17.8 Å². The van der Waals surface area contributed by atoms with Crippen molar-refractivity contribution >= 4 is 17.5 Å². The third-order valence-electron chi connectivity index (χ3n) is 2.68. The third-order valence-corrected chi connectivity index (χ3v) is 2.91. The minimum absolute atomic E-state index is 0.00398. The summed E-state index contributed by atoms with van der Waals surface area (Å²) in [6.07, 6.45) is 0. The molecule has 4 heteroatoms. The van der Waals surface area contributed by atoms with Gasteiger partial charge in [-0.1, -0.05) is 18.2 Å². The fraction of sp³-hybridized carbons (Fsp3) is 0.417. The first kappa shape index (κ1) is 12.8. The van der Waals surface area contributed by atoms with Gasteiger partial charge in [-0.05, 0) is 13.0 Å². The number of carbonyl (C=O) groups is 1. The summed E-state index contributed by atoms with van der Waals surface area (Å²) in [5.74, 6) is 0.681. The lowest BCUT2D eigenvalue weighted by Gasteiger charge is -2.25. The first-order chi connectivity index (χ1) is 7.61. The van der Waals surface area contributed by atoms with Crippen LogP contribution in [0.15, 0.2) is 24.3 Å². The molecule has 0 aliphatic rings. The Morgan fingerprint density at radius 2 is 2.12 bits per heavy atom. The van der Waals surface area contributed by atoms with Crippen molar-refractivity contribution in [3.05, 3.63) is 29.8 Å². The second kappa shape index (κ2) is 5.75. The molecule has 1 unspecified atom stereocenters. The van der Waals surface area contributed by atoms with Crippen LogP contribution in [0.4, 0.5) is 0 Å². The molecule has 0 radical (unpaired) electrons. The van der Waals surface area contributed by atoms with Crippen LogP contribution in [0.2, 0.25) is 0 Å². The molecule has 0 spiro atoms. The zero-order chi connectivity index (χ0) is 12.1. The molecular formula is C12H16ClNO2. The molecule has 88 valence electrons. The van der Waals surface area contributed by atoms with Crippen LogP contribution < -0.4 is 4.74 Å². The lowest BCUT2D eigenvalue weighted by Crippen LogP contribution is -2.30. The molecule has 0 bridgehead atoms. The Morgan fingerprint density at radius 3 is 2.69 bits per heavy atom. The summed E-state index contributed by atoms with van der Waals surface area (Å²) >= 11 is 5.53. The average Bonchev–Trinajstić information content (AvgIpc) is 2.35. The molecule has 0 fully saturated rings. The Morgan fingerprint density at radius 1 is 1.50 bits per heavy atom. The summed E-state index contributed by atoms with van der Waals surface area (Å²) in [6.45, 7) is 1.95. The number of alkyl halides is 1. The fourth-order valence-electron chi connectivity index (χ4n) is 1.53. The lowest BCUT2D eigenvalue weighted by atomic mass is 10.1. The van der Waals surface area contributed by atoms with E-state index in [2.05, 4.69) is 0 Å².